The molecule has 0 unspecified atom stereocenters. The van der Waals surface area contributed by atoms with Crippen molar-refractivity contribution in [1.82, 2.24) is 4.90 Å². The topological polar surface area (TPSA) is 38.7 Å². The Labute approximate surface area is 153 Å². The number of amides is 1. The van der Waals surface area contributed by atoms with Crippen molar-refractivity contribution in [2.24, 2.45) is 0 Å². The summed E-state index contributed by atoms with van der Waals surface area (Å²) in [5, 5.41) is 0. The largest absolute Gasteiger partial charge is 0.387 e. The van der Waals surface area contributed by atoms with Gasteiger partial charge in [0.25, 0.3) is 0 Å². The lowest BCUT2D eigenvalue weighted by molar-refractivity contribution is -0.766. The van der Waals surface area contributed by atoms with Gasteiger partial charge in [0.1, 0.15) is 0 Å². The van der Waals surface area contributed by atoms with Crippen LogP contribution in [0.25, 0.3) is 0 Å². The van der Waals surface area contributed by atoms with Gasteiger partial charge in [0.15, 0.2) is 0 Å². The van der Waals surface area contributed by atoms with E-state index in [-0.39, 0.29) is 5.91 Å². The first-order chi connectivity index (χ1) is 12.1. The van der Waals surface area contributed by atoms with Gasteiger partial charge >= 0.3 is 5.91 Å². The fraction of sp³-hybridized carbons (Fsp3) is 0.150. The lowest BCUT2D eigenvalue weighted by atomic mass is 10.0. The standard InChI is InChI=1S/C20H19N3OS/c1-22-11-6-16(7-12-22)17-8-13-23(14-9-17)15-10-20(24)21-18-2-4-19(25)5-3-18/h2-9,11-14H,10,15H2,1H3/p+2. The highest BCUT2D eigenvalue weighted by molar-refractivity contribution is 7.81. The molecule has 126 valence electrons. The lowest BCUT2D eigenvalue weighted by Crippen LogP contribution is -2.99. The number of quaternary nitrogens is 1. The lowest BCUT2D eigenvalue weighted by Gasteiger charge is -2.18. The summed E-state index contributed by atoms with van der Waals surface area (Å²) in [4.78, 5) is 19.0. The van der Waals surface area contributed by atoms with Crippen molar-refractivity contribution in [3.8, 4) is 0 Å². The van der Waals surface area contributed by atoms with Gasteiger partial charge in [-0.05, 0) is 47.6 Å². The number of nitrogens with one attached hydrogen (secondary N) is 2. The van der Waals surface area contributed by atoms with Crippen LogP contribution in [0.5, 0.6) is 0 Å². The van der Waals surface area contributed by atoms with Crippen molar-refractivity contribution >= 4 is 28.7 Å². The zero-order chi connectivity index (χ0) is 17.6. The minimum Gasteiger partial charge on any atom is -0.354 e. The summed E-state index contributed by atoms with van der Waals surface area (Å²) in [6.45, 7) is 0.638. The first-order valence-electron chi connectivity index (χ1n) is 8.23. The van der Waals surface area contributed by atoms with Gasteiger partial charge in [-0.3, -0.25) is 4.90 Å². The first-order valence-corrected chi connectivity index (χ1v) is 8.64. The van der Waals surface area contributed by atoms with E-state index in [2.05, 4.69) is 48.7 Å². The van der Waals surface area contributed by atoms with Crippen LogP contribution in [0, 0.1) is 0 Å². The van der Waals surface area contributed by atoms with E-state index in [1.165, 1.54) is 16.0 Å². The fourth-order valence-corrected chi connectivity index (χ4v) is 2.67. The molecule has 0 atom stereocenters. The van der Waals surface area contributed by atoms with Crippen LogP contribution in [0.1, 0.15) is 6.42 Å². The average Bonchev–Trinajstić information content (AvgIpc) is 2.63. The molecule has 0 saturated carbocycles. The van der Waals surface area contributed by atoms with Gasteiger partial charge in [-0.25, -0.2) is 4.79 Å². The van der Waals surface area contributed by atoms with Crippen molar-refractivity contribution in [2.45, 2.75) is 6.42 Å². The Bertz CT molecular complexity index is 772. The molecule has 0 aromatic carbocycles. The molecule has 2 N–H and O–H groups in total. The van der Waals surface area contributed by atoms with Crippen molar-refractivity contribution in [1.29, 1.82) is 0 Å². The second-order valence-electron chi connectivity index (χ2n) is 6.01. The van der Waals surface area contributed by atoms with E-state index in [4.69, 9.17) is 12.2 Å². The maximum absolute atomic E-state index is 12.0. The second kappa shape index (κ2) is 7.96. The van der Waals surface area contributed by atoms with Gasteiger partial charge in [0.2, 0.25) is 5.71 Å². The SMILES string of the molecule is C[NH+]1C=CC(=C2C=CN(CCC(=O)[NH+]=C3C=CC(=S)C=C3)C=C2)C=C1. The number of rotatable bonds is 3. The summed E-state index contributed by atoms with van der Waals surface area (Å²) in [7, 11) is 2.08. The van der Waals surface area contributed by atoms with E-state index in [9.17, 15) is 4.79 Å². The van der Waals surface area contributed by atoms with Gasteiger partial charge in [0.05, 0.1) is 25.9 Å². The number of hydrogen-bond donors (Lipinski definition) is 2. The number of hydrogen-bond acceptors (Lipinski definition) is 3. The molecular formula is C20H21N3OS+2. The maximum Gasteiger partial charge on any atom is 0.387 e. The molecule has 0 radical (unpaired) electrons. The van der Waals surface area contributed by atoms with Crippen molar-refractivity contribution in [3.05, 3.63) is 84.6 Å². The van der Waals surface area contributed by atoms with Gasteiger partial charge in [-0.15, -0.1) is 0 Å². The monoisotopic (exact) mass is 351 g/mol. The average molecular weight is 351 g/mol. The van der Waals surface area contributed by atoms with Crippen molar-refractivity contribution in [2.75, 3.05) is 13.6 Å². The van der Waals surface area contributed by atoms with E-state index >= 15 is 0 Å². The highest BCUT2D eigenvalue weighted by Gasteiger charge is 2.12. The molecule has 1 amide bonds. The minimum absolute atomic E-state index is 0.00719. The Morgan fingerprint density at radius 3 is 2.24 bits per heavy atom. The molecule has 5 heteroatoms. The van der Waals surface area contributed by atoms with Gasteiger partial charge in [0, 0.05) is 36.0 Å². The van der Waals surface area contributed by atoms with Crippen LogP contribution < -0.4 is 9.89 Å². The smallest absolute Gasteiger partial charge is 0.354 e. The zero-order valence-electron chi connectivity index (χ0n) is 14.1. The molecular weight excluding hydrogens is 330 g/mol. The number of nitrogens with zero attached hydrogens (tertiary/aromatic N) is 1. The van der Waals surface area contributed by atoms with Gasteiger partial charge in [-0.1, -0.05) is 12.2 Å². The summed E-state index contributed by atoms with van der Waals surface area (Å²) in [6, 6.07) is 0. The van der Waals surface area contributed by atoms with Crippen molar-refractivity contribution < 1.29 is 14.7 Å². The molecule has 0 aromatic heterocycles. The predicted octanol–water partition coefficient (Wildman–Crippen LogP) is 0.116. The predicted molar refractivity (Wildman–Crippen MR) is 104 cm³/mol. The highest BCUT2D eigenvalue weighted by Crippen LogP contribution is 2.16. The Hall–Kier alpha value is -2.63. The van der Waals surface area contributed by atoms with E-state index < -0.39 is 0 Å². The number of thiocarbonyl (C=S) groups is 1. The van der Waals surface area contributed by atoms with E-state index in [0.717, 1.165) is 10.6 Å². The van der Waals surface area contributed by atoms with E-state index in [0.29, 0.717) is 13.0 Å². The zero-order valence-corrected chi connectivity index (χ0v) is 14.9. The van der Waals surface area contributed by atoms with Crippen LogP contribution >= 0.6 is 12.2 Å². The summed E-state index contributed by atoms with van der Waals surface area (Å²) in [5.74, 6) is -0.00719. The number of allylic oxidation sites excluding steroid dienone is 10. The molecule has 0 saturated heterocycles. The fourth-order valence-electron chi connectivity index (χ4n) is 2.54. The Morgan fingerprint density at radius 2 is 1.60 bits per heavy atom. The third kappa shape index (κ3) is 4.92. The van der Waals surface area contributed by atoms with Crippen LogP contribution in [-0.2, 0) is 4.79 Å². The van der Waals surface area contributed by atoms with Crippen LogP contribution in [0.3, 0.4) is 0 Å². The summed E-state index contributed by atoms with van der Waals surface area (Å²) >= 11 is 5.04. The minimum atomic E-state index is -0.00719. The molecule has 0 fully saturated rings. The molecule has 0 spiro atoms. The van der Waals surface area contributed by atoms with Crippen LogP contribution in [0.2, 0.25) is 0 Å². The van der Waals surface area contributed by atoms with Gasteiger partial charge < -0.3 is 4.90 Å². The molecule has 2 aliphatic heterocycles. The maximum atomic E-state index is 12.0. The quantitative estimate of drug-likeness (QED) is 0.710. The molecule has 1 aliphatic carbocycles. The van der Waals surface area contributed by atoms with Crippen molar-refractivity contribution in [3.63, 3.8) is 0 Å². The molecule has 0 bridgehead atoms. The normalized spacial score (nSPS) is 21.5. The third-order valence-corrected chi connectivity index (χ3v) is 4.28. The van der Waals surface area contributed by atoms with E-state index in [1.54, 1.807) is 0 Å². The molecule has 2 heterocycles. The Morgan fingerprint density at radius 1 is 1.00 bits per heavy atom. The number of carbonyl (C=O) groups is 1. The van der Waals surface area contributed by atoms with Gasteiger partial charge in [-0.2, -0.15) is 4.99 Å². The van der Waals surface area contributed by atoms with Crippen LogP contribution in [0.4, 0.5) is 0 Å². The molecule has 3 aliphatic rings. The number of carbonyl (C=O) groups excluding carboxylic acids is 1. The highest BCUT2D eigenvalue weighted by atomic mass is 32.1. The second-order valence-corrected chi connectivity index (χ2v) is 6.48. The Balaban J connectivity index is 1.53. The molecule has 0 aromatic rings. The van der Waals surface area contributed by atoms with E-state index in [1.807, 2.05) is 41.6 Å². The summed E-state index contributed by atoms with van der Waals surface area (Å²) in [5.41, 5.74) is 3.14. The third-order valence-electron chi connectivity index (χ3n) is 4.01. The molecule has 3 rings (SSSR count). The van der Waals surface area contributed by atoms with Crippen LogP contribution in [0.15, 0.2) is 84.6 Å². The summed E-state index contributed by atoms with van der Waals surface area (Å²) < 4.78 is 0. The molecule has 4 nitrogen and oxygen atoms in total. The Kier molecular flexibility index (Phi) is 5.48. The first kappa shape index (κ1) is 17.2. The molecule has 25 heavy (non-hydrogen) atoms. The van der Waals surface area contributed by atoms with Crippen LogP contribution in [-0.4, -0.2) is 35.0 Å². The summed E-state index contributed by atoms with van der Waals surface area (Å²) in [6.07, 6.45) is 24.3.